The Balaban J connectivity index is 1.51. The van der Waals surface area contributed by atoms with Gasteiger partial charge < -0.3 is 15.5 Å². The van der Waals surface area contributed by atoms with Gasteiger partial charge in [-0.2, -0.15) is 10.2 Å². The highest BCUT2D eigenvalue weighted by molar-refractivity contribution is 5.59. The molecule has 2 heterocycles. The largest absolute Gasteiger partial charge is 0.355 e. The van der Waals surface area contributed by atoms with E-state index in [4.69, 9.17) is 9.97 Å². The maximum absolute atomic E-state index is 9.32. The first-order valence-corrected chi connectivity index (χ1v) is 11.3. The van der Waals surface area contributed by atoms with Crippen LogP contribution in [-0.4, -0.2) is 35.6 Å². The second kappa shape index (κ2) is 9.44. The number of unbranched alkanes of at least 4 members (excludes halogenated alkanes) is 1. The number of anilines is 3. The summed E-state index contributed by atoms with van der Waals surface area (Å²) in [6.45, 7) is 7.33. The number of nitriles is 1. The molecule has 1 aliphatic carbocycles. The Hall–Kier alpha value is -2.65. The molecule has 158 valence electrons. The predicted octanol–water partition coefficient (Wildman–Crippen LogP) is 4.32. The lowest BCUT2D eigenvalue weighted by molar-refractivity contribution is 0.530. The molecule has 0 bridgehead atoms. The van der Waals surface area contributed by atoms with Crippen LogP contribution in [0.3, 0.4) is 0 Å². The van der Waals surface area contributed by atoms with Crippen LogP contribution >= 0.6 is 0 Å². The third-order valence-corrected chi connectivity index (χ3v) is 6.07. The van der Waals surface area contributed by atoms with Crippen LogP contribution in [0.1, 0.15) is 55.8 Å². The summed E-state index contributed by atoms with van der Waals surface area (Å²) in [7, 11) is 0. The molecule has 1 atom stereocenters. The Morgan fingerprint density at radius 1 is 1.20 bits per heavy atom. The van der Waals surface area contributed by atoms with Crippen LogP contribution in [0.4, 0.5) is 17.5 Å². The van der Waals surface area contributed by atoms with Crippen molar-refractivity contribution in [3.8, 4) is 6.07 Å². The molecule has 0 amide bonds. The minimum Gasteiger partial charge on any atom is -0.355 e. The fourth-order valence-corrected chi connectivity index (χ4v) is 3.93. The zero-order valence-electron chi connectivity index (χ0n) is 18.1. The van der Waals surface area contributed by atoms with Crippen molar-refractivity contribution in [3.05, 3.63) is 41.1 Å². The van der Waals surface area contributed by atoms with Gasteiger partial charge in [0.15, 0.2) is 0 Å². The fourth-order valence-electron chi connectivity index (χ4n) is 3.93. The van der Waals surface area contributed by atoms with Crippen molar-refractivity contribution in [2.24, 2.45) is 5.92 Å². The molecule has 4 rings (SSSR count). The van der Waals surface area contributed by atoms with Gasteiger partial charge in [0.05, 0.1) is 11.6 Å². The summed E-state index contributed by atoms with van der Waals surface area (Å²) in [5.74, 6) is 2.52. The van der Waals surface area contributed by atoms with Gasteiger partial charge in [0.2, 0.25) is 5.95 Å². The molecular formula is C24H32N6. The first-order valence-electron chi connectivity index (χ1n) is 11.3. The third-order valence-electron chi connectivity index (χ3n) is 6.07. The highest BCUT2D eigenvalue weighted by Crippen LogP contribution is 2.29. The van der Waals surface area contributed by atoms with Gasteiger partial charge in [-0.25, -0.2) is 4.98 Å². The van der Waals surface area contributed by atoms with Crippen LogP contribution in [-0.2, 0) is 6.42 Å². The number of aryl methyl sites for hydroxylation is 2. The van der Waals surface area contributed by atoms with E-state index < -0.39 is 0 Å². The van der Waals surface area contributed by atoms with Crippen molar-refractivity contribution in [2.45, 2.75) is 58.4 Å². The van der Waals surface area contributed by atoms with Crippen LogP contribution in [0.15, 0.2) is 24.3 Å². The van der Waals surface area contributed by atoms with Gasteiger partial charge in [0, 0.05) is 36.6 Å². The van der Waals surface area contributed by atoms with Crippen molar-refractivity contribution in [2.75, 3.05) is 29.9 Å². The Labute approximate surface area is 179 Å². The number of benzene rings is 1. The molecule has 0 radical (unpaired) electrons. The molecule has 0 spiro atoms. The number of hydrogen-bond acceptors (Lipinski definition) is 6. The Bertz CT molecular complexity index is 914. The van der Waals surface area contributed by atoms with E-state index in [0.717, 1.165) is 74.0 Å². The molecule has 6 heteroatoms. The zero-order valence-corrected chi connectivity index (χ0v) is 18.1. The summed E-state index contributed by atoms with van der Waals surface area (Å²) in [5.41, 5.74) is 3.57. The smallest absolute Gasteiger partial charge is 0.229 e. The third kappa shape index (κ3) is 5.28. The van der Waals surface area contributed by atoms with Gasteiger partial charge in [-0.15, -0.1) is 0 Å². The lowest BCUT2D eigenvalue weighted by atomic mass is 10.1. The van der Waals surface area contributed by atoms with Crippen molar-refractivity contribution >= 4 is 17.5 Å². The second-order valence-corrected chi connectivity index (χ2v) is 8.69. The highest BCUT2D eigenvalue weighted by atomic mass is 15.3. The maximum Gasteiger partial charge on any atom is 0.229 e. The summed E-state index contributed by atoms with van der Waals surface area (Å²) in [5, 5.41) is 16.4. The summed E-state index contributed by atoms with van der Waals surface area (Å²) in [4.78, 5) is 12.0. The summed E-state index contributed by atoms with van der Waals surface area (Å²) >= 11 is 0. The van der Waals surface area contributed by atoms with Gasteiger partial charge in [-0.3, -0.25) is 0 Å². The molecular weight excluding hydrogens is 372 g/mol. The molecule has 1 saturated carbocycles. The normalized spacial score (nSPS) is 18.4. The SMILES string of the molecule is CCCCc1cc(N2CC[C@H](NCC3CC3)C2)nc(Nc2ccc(C)c(C#N)c2)n1. The van der Waals surface area contributed by atoms with Crippen molar-refractivity contribution in [1.29, 1.82) is 5.26 Å². The first kappa shape index (κ1) is 20.6. The minimum atomic E-state index is 0.548. The molecule has 6 nitrogen and oxygen atoms in total. The van der Waals surface area contributed by atoms with E-state index in [0.29, 0.717) is 17.6 Å². The van der Waals surface area contributed by atoms with E-state index in [1.165, 1.54) is 12.8 Å². The van der Waals surface area contributed by atoms with Crippen molar-refractivity contribution in [3.63, 3.8) is 0 Å². The van der Waals surface area contributed by atoms with Crippen molar-refractivity contribution < 1.29 is 0 Å². The lowest BCUT2D eigenvalue weighted by Gasteiger charge is -2.20. The number of nitrogens with zero attached hydrogens (tertiary/aromatic N) is 4. The van der Waals surface area contributed by atoms with Crippen LogP contribution in [0.25, 0.3) is 0 Å². The zero-order chi connectivity index (χ0) is 20.9. The van der Waals surface area contributed by atoms with Gasteiger partial charge in [-0.1, -0.05) is 19.4 Å². The van der Waals surface area contributed by atoms with E-state index in [9.17, 15) is 5.26 Å². The summed E-state index contributed by atoms with van der Waals surface area (Å²) in [6.07, 6.45) is 7.14. The summed E-state index contributed by atoms with van der Waals surface area (Å²) < 4.78 is 0. The fraction of sp³-hybridized carbons (Fsp3) is 0.542. The molecule has 2 N–H and O–H groups in total. The van der Waals surface area contributed by atoms with Gasteiger partial charge in [0.1, 0.15) is 5.82 Å². The molecule has 0 unspecified atom stereocenters. The second-order valence-electron chi connectivity index (χ2n) is 8.69. The predicted molar refractivity (Wildman–Crippen MR) is 121 cm³/mol. The van der Waals surface area contributed by atoms with E-state index in [2.05, 4.69) is 34.6 Å². The van der Waals surface area contributed by atoms with E-state index in [1.807, 2.05) is 25.1 Å². The topological polar surface area (TPSA) is 76.9 Å². The molecule has 1 saturated heterocycles. The lowest BCUT2D eigenvalue weighted by Crippen LogP contribution is -2.34. The monoisotopic (exact) mass is 404 g/mol. The van der Waals surface area contributed by atoms with Gasteiger partial charge in [0.25, 0.3) is 0 Å². The number of hydrogen-bond donors (Lipinski definition) is 2. The summed E-state index contributed by atoms with van der Waals surface area (Å²) in [6, 6.07) is 10.8. The number of aromatic nitrogens is 2. The van der Waals surface area contributed by atoms with Crippen LogP contribution in [0.5, 0.6) is 0 Å². The van der Waals surface area contributed by atoms with Crippen LogP contribution in [0.2, 0.25) is 0 Å². The Kier molecular flexibility index (Phi) is 6.49. The molecule has 1 aromatic heterocycles. The Morgan fingerprint density at radius 2 is 2.07 bits per heavy atom. The Morgan fingerprint density at radius 3 is 2.83 bits per heavy atom. The average molecular weight is 405 g/mol. The number of rotatable bonds is 9. The van der Waals surface area contributed by atoms with Crippen molar-refractivity contribution in [1.82, 2.24) is 15.3 Å². The molecule has 30 heavy (non-hydrogen) atoms. The molecule has 1 aromatic carbocycles. The number of nitrogens with one attached hydrogen (secondary N) is 2. The average Bonchev–Trinajstić information content (AvgIpc) is 3.47. The van der Waals surface area contributed by atoms with E-state index >= 15 is 0 Å². The molecule has 1 aliphatic heterocycles. The van der Waals surface area contributed by atoms with E-state index in [-0.39, 0.29) is 0 Å². The highest BCUT2D eigenvalue weighted by Gasteiger charge is 2.27. The standard InChI is InChI=1S/C24H32N6/c1-3-4-5-20-13-23(30-11-10-22(16-30)26-15-18-7-8-18)29-24(27-20)28-21-9-6-17(2)19(12-21)14-25/h6,9,12-13,18,22,26H,3-5,7-8,10-11,15-16H2,1-2H3,(H,27,28,29)/t22-/m0/s1. The quantitative estimate of drug-likeness (QED) is 0.648. The van der Waals surface area contributed by atoms with Crippen LogP contribution in [0, 0.1) is 24.2 Å². The minimum absolute atomic E-state index is 0.548. The molecule has 2 aromatic rings. The molecule has 2 aliphatic rings. The van der Waals surface area contributed by atoms with Crippen LogP contribution < -0.4 is 15.5 Å². The van der Waals surface area contributed by atoms with Gasteiger partial charge in [-0.05, 0) is 69.2 Å². The maximum atomic E-state index is 9.32. The molecule has 2 fully saturated rings. The first-order chi connectivity index (χ1) is 14.6. The van der Waals surface area contributed by atoms with Gasteiger partial charge >= 0.3 is 0 Å². The van der Waals surface area contributed by atoms with E-state index in [1.54, 1.807) is 0 Å².